The molecular weight excluding hydrogens is 375 g/mol. The van der Waals surface area contributed by atoms with Gasteiger partial charge in [-0.2, -0.15) is 0 Å². The fourth-order valence-electron chi connectivity index (χ4n) is 1.37. The van der Waals surface area contributed by atoms with E-state index in [1.807, 2.05) is 13.8 Å². The molecule has 0 spiro atoms. The maximum absolute atomic E-state index is 11.9. The zero-order valence-corrected chi connectivity index (χ0v) is 13.5. The molecule has 0 atom stereocenters. The van der Waals surface area contributed by atoms with E-state index in [0.717, 1.165) is 16.8 Å². The molecule has 20 heavy (non-hydrogen) atoms. The summed E-state index contributed by atoms with van der Waals surface area (Å²) in [6.45, 7) is 3.82. The molecule has 0 fully saturated rings. The third kappa shape index (κ3) is 4.52. The molecule has 0 saturated heterocycles. The van der Waals surface area contributed by atoms with Crippen LogP contribution in [0.4, 0.5) is 0 Å². The maximum Gasteiger partial charge on any atom is 0.373 e. The molecule has 0 aliphatic heterocycles. The van der Waals surface area contributed by atoms with Gasteiger partial charge in [0.1, 0.15) is 5.75 Å². The van der Waals surface area contributed by atoms with Crippen molar-refractivity contribution in [1.29, 1.82) is 0 Å². The van der Waals surface area contributed by atoms with E-state index >= 15 is 0 Å². The number of hydrogen-bond acceptors (Lipinski definition) is 5. The van der Waals surface area contributed by atoms with Crippen molar-refractivity contribution in [2.75, 3.05) is 7.11 Å². The molecule has 0 aliphatic rings. The van der Waals surface area contributed by atoms with Gasteiger partial charge < -0.3 is 14.6 Å². The summed E-state index contributed by atoms with van der Waals surface area (Å²) >= 11 is 2.06. The Morgan fingerprint density at radius 3 is 2.50 bits per heavy atom. The van der Waals surface area contributed by atoms with Crippen LogP contribution in [-0.4, -0.2) is 30.1 Å². The molecule has 0 amide bonds. The zero-order chi connectivity index (χ0) is 15.3. The number of rotatable bonds is 5. The van der Waals surface area contributed by atoms with Crippen LogP contribution in [0.2, 0.25) is 0 Å². The molecule has 6 heteroatoms. The smallest absolute Gasteiger partial charge is 0.373 e. The fourth-order valence-corrected chi connectivity index (χ4v) is 2.02. The number of aliphatic hydroxyl groups is 1. The number of carbonyl (C=O) groups is 2. The van der Waals surface area contributed by atoms with Crippen LogP contribution in [0.5, 0.6) is 5.75 Å². The van der Waals surface area contributed by atoms with Gasteiger partial charge in [-0.3, -0.25) is 4.79 Å². The van der Waals surface area contributed by atoms with Gasteiger partial charge in [-0.15, -0.1) is 0 Å². The lowest BCUT2D eigenvalue weighted by molar-refractivity contribution is -0.139. The highest BCUT2D eigenvalue weighted by molar-refractivity contribution is 14.1. The zero-order valence-electron chi connectivity index (χ0n) is 11.3. The van der Waals surface area contributed by atoms with Crippen molar-refractivity contribution in [2.45, 2.75) is 20.0 Å². The van der Waals surface area contributed by atoms with Gasteiger partial charge in [-0.25, -0.2) is 4.79 Å². The first kappa shape index (κ1) is 16.5. The Hall–Kier alpha value is -1.57. The van der Waals surface area contributed by atoms with Crippen molar-refractivity contribution in [3.8, 4) is 5.75 Å². The summed E-state index contributed by atoms with van der Waals surface area (Å²) in [6.07, 6.45) is 0.869. The van der Waals surface area contributed by atoms with Crippen LogP contribution < -0.4 is 4.74 Å². The summed E-state index contributed by atoms with van der Waals surface area (Å²) in [6, 6.07) is 4.88. The highest BCUT2D eigenvalue weighted by atomic mass is 127. The van der Waals surface area contributed by atoms with Gasteiger partial charge in [-0.1, -0.05) is 0 Å². The minimum absolute atomic E-state index is 0.0355. The number of allylic oxidation sites excluding steroid dienone is 1. The molecule has 108 valence electrons. The number of ketones is 1. The van der Waals surface area contributed by atoms with Crippen LogP contribution in [0, 0.1) is 3.57 Å². The minimum Gasteiger partial charge on any atom is -0.502 e. The van der Waals surface area contributed by atoms with E-state index in [2.05, 4.69) is 27.3 Å². The monoisotopic (exact) mass is 390 g/mol. The average Bonchev–Trinajstić information content (AvgIpc) is 2.39. The van der Waals surface area contributed by atoms with E-state index in [9.17, 15) is 14.7 Å². The first-order valence-corrected chi connectivity index (χ1v) is 6.92. The van der Waals surface area contributed by atoms with Crippen LogP contribution in [0.1, 0.15) is 24.2 Å². The lowest BCUT2D eigenvalue weighted by Crippen LogP contribution is -2.08. The SMILES string of the molecule is COC(=O)/C(O)=C/C(=O)c1ccc(OC(C)C)c(I)c1. The quantitative estimate of drug-likeness (QED) is 0.275. The van der Waals surface area contributed by atoms with Crippen molar-refractivity contribution in [3.05, 3.63) is 39.2 Å². The fraction of sp³-hybridized carbons (Fsp3) is 0.286. The van der Waals surface area contributed by atoms with E-state index in [-0.39, 0.29) is 6.10 Å². The topological polar surface area (TPSA) is 72.8 Å². The van der Waals surface area contributed by atoms with Crippen molar-refractivity contribution in [3.63, 3.8) is 0 Å². The summed E-state index contributed by atoms with van der Waals surface area (Å²) in [5, 5.41) is 9.33. The molecule has 0 aromatic heterocycles. The normalized spacial score (nSPS) is 11.3. The average molecular weight is 390 g/mol. The Morgan fingerprint density at radius 1 is 1.35 bits per heavy atom. The molecule has 1 N–H and O–H groups in total. The largest absolute Gasteiger partial charge is 0.502 e. The summed E-state index contributed by atoms with van der Waals surface area (Å²) in [5.74, 6) is -1.48. The van der Waals surface area contributed by atoms with E-state index in [1.54, 1.807) is 18.2 Å². The van der Waals surface area contributed by atoms with Gasteiger partial charge in [0, 0.05) is 11.6 Å². The summed E-state index contributed by atoms with van der Waals surface area (Å²) < 4.78 is 10.6. The van der Waals surface area contributed by atoms with Crippen molar-refractivity contribution >= 4 is 34.3 Å². The molecule has 5 nitrogen and oxygen atoms in total. The van der Waals surface area contributed by atoms with Crippen LogP contribution in [0.3, 0.4) is 0 Å². The Balaban J connectivity index is 2.96. The molecule has 0 unspecified atom stereocenters. The van der Waals surface area contributed by atoms with Gasteiger partial charge in [0.05, 0.1) is 16.8 Å². The number of esters is 1. The second-order valence-corrected chi connectivity index (χ2v) is 5.36. The molecule has 0 saturated carbocycles. The summed E-state index contributed by atoms with van der Waals surface area (Å²) in [4.78, 5) is 22.9. The van der Waals surface area contributed by atoms with Gasteiger partial charge >= 0.3 is 5.97 Å². The second kappa shape index (κ2) is 7.28. The maximum atomic E-state index is 11.9. The number of ether oxygens (including phenoxy) is 2. The number of aliphatic hydroxyl groups excluding tert-OH is 1. The van der Waals surface area contributed by atoms with Crippen LogP contribution in [-0.2, 0) is 9.53 Å². The van der Waals surface area contributed by atoms with Gasteiger partial charge in [-0.05, 0) is 54.6 Å². The summed E-state index contributed by atoms with van der Waals surface area (Å²) in [7, 11) is 1.12. The predicted molar refractivity (Wildman–Crippen MR) is 82.0 cm³/mol. The lowest BCUT2D eigenvalue weighted by atomic mass is 10.1. The standard InChI is InChI=1S/C14H15IO5/c1-8(2)20-13-5-4-9(6-10(13)15)11(16)7-12(17)14(18)19-3/h4-8,17H,1-3H3/b12-7-. The molecule has 1 aromatic carbocycles. The summed E-state index contributed by atoms with van der Waals surface area (Å²) in [5.41, 5.74) is 0.348. The Morgan fingerprint density at radius 2 is 2.00 bits per heavy atom. The van der Waals surface area contributed by atoms with Crippen molar-refractivity contribution < 1.29 is 24.2 Å². The van der Waals surface area contributed by atoms with E-state index in [4.69, 9.17) is 4.74 Å². The first-order valence-electron chi connectivity index (χ1n) is 5.84. The highest BCUT2D eigenvalue weighted by Crippen LogP contribution is 2.23. The van der Waals surface area contributed by atoms with E-state index < -0.39 is 17.5 Å². The van der Waals surface area contributed by atoms with E-state index in [0.29, 0.717) is 11.3 Å². The Labute approximate surface area is 130 Å². The van der Waals surface area contributed by atoms with Crippen LogP contribution in [0.15, 0.2) is 30.0 Å². The van der Waals surface area contributed by atoms with Gasteiger partial charge in [0.2, 0.25) is 5.76 Å². The van der Waals surface area contributed by atoms with Gasteiger partial charge in [0.25, 0.3) is 0 Å². The molecule has 1 aromatic rings. The highest BCUT2D eigenvalue weighted by Gasteiger charge is 2.13. The van der Waals surface area contributed by atoms with Crippen molar-refractivity contribution in [1.82, 2.24) is 0 Å². The first-order chi connectivity index (χ1) is 9.35. The molecule has 1 rings (SSSR count). The Kier molecular flexibility index (Phi) is 6.00. The predicted octanol–water partition coefficient (Wildman–Crippen LogP) is 2.88. The number of hydrogen-bond donors (Lipinski definition) is 1. The molecule has 0 heterocycles. The third-order valence-electron chi connectivity index (χ3n) is 2.24. The lowest BCUT2D eigenvalue weighted by Gasteiger charge is -2.11. The number of carbonyl (C=O) groups excluding carboxylic acids is 2. The van der Waals surface area contributed by atoms with Crippen LogP contribution in [0.25, 0.3) is 0 Å². The van der Waals surface area contributed by atoms with Crippen LogP contribution >= 0.6 is 22.6 Å². The number of benzene rings is 1. The number of halogens is 1. The molecule has 0 radical (unpaired) electrons. The minimum atomic E-state index is -0.951. The molecule has 0 bridgehead atoms. The van der Waals surface area contributed by atoms with E-state index in [1.165, 1.54) is 0 Å². The molecule has 0 aliphatic carbocycles. The number of methoxy groups -OCH3 is 1. The van der Waals surface area contributed by atoms with Gasteiger partial charge in [0.15, 0.2) is 5.78 Å². The molecular formula is C14H15IO5. The third-order valence-corrected chi connectivity index (χ3v) is 3.08. The van der Waals surface area contributed by atoms with Crippen molar-refractivity contribution in [2.24, 2.45) is 0 Å². The Bertz CT molecular complexity index is 548. The second-order valence-electron chi connectivity index (χ2n) is 4.20.